The number of hydrogen-bond donors (Lipinski definition) is 1. The zero-order valence-corrected chi connectivity index (χ0v) is 34.9. The summed E-state index contributed by atoms with van der Waals surface area (Å²) in [6.07, 6.45) is 7.71. The molecule has 0 fully saturated rings. The van der Waals surface area contributed by atoms with Gasteiger partial charge < -0.3 is 5.11 Å². The summed E-state index contributed by atoms with van der Waals surface area (Å²) in [6, 6.07) is 12.6. The Labute approximate surface area is 302 Å². The maximum absolute atomic E-state index is 11.7. The van der Waals surface area contributed by atoms with Gasteiger partial charge in [0.25, 0.3) is 0 Å². The van der Waals surface area contributed by atoms with E-state index in [1.54, 1.807) is 11.5 Å². The third-order valence-electron chi connectivity index (χ3n) is 9.53. The van der Waals surface area contributed by atoms with Crippen molar-refractivity contribution in [1.82, 2.24) is 9.97 Å². The van der Waals surface area contributed by atoms with E-state index in [4.69, 9.17) is 9.97 Å². The zero-order chi connectivity index (χ0) is 34.2. The number of aliphatic hydroxyl groups excluding tert-OH is 1. The number of thiophene rings is 1. The van der Waals surface area contributed by atoms with E-state index >= 15 is 0 Å². The van der Waals surface area contributed by atoms with Crippen LogP contribution in [0.3, 0.4) is 0 Å². The molecule has 0 aliphatic heterocycles. The molecule has 0 atom stereocenters. The van der Waals surface area contributed by atoms with E-state index in [0.29, 0.717) is 0 Å². The average Bonchev–Trinajstić information content (AvgIpc) is 3.34. The minimum atomic E-state index is -1.67. The molecule has 2 aromatic carbocycles. The van der Waals surface area contributed by atoms with E-state index in [0.717, 1.165) is 42.6 Å². The molecular weight excluding hydrogens is 793 g/mol. The molecule has 1 aliphatic carbocycles. The van der Waals surface area contributed by atoms with Crippen molar-refractivity contribution in [3.05, 3.63) is 64.5 Å². The molecule has 4 aromatic rings. The SMILES string of the molecule is CC(C)(C)Cc1sc2ncnc3c2c1C(C)(C)c1c-3[c-]c2ccccc2c1[Si](C)(C)C.CCC(CC)C(=O)/C=C(\O)C(CC)CC.[Ir]. The van der Waals surface area contributed by atoms with E-state index in [2.05, 4.69) is 84.6 Å². The third-order valence-corrected chi connectivity index (χ3v) is 12.6. The van der Waals surface area contributed by atoms with Crippen molar-refractivity contribution in [3.63, 3.8) is 0 Å². The first-order valence-electron chi connectivity index (χ1n) is 17.2. The predicted octanol–water partition coefficient (Wildman–Crippen LogP) is 11.0. The molecule has 0 saturated carbocycles. The Morgan fingerprint density at radius 3 is 2.13 bits per heavy atom. The molecule has 0 saturated heterocycles. The molecule has 0 amide bonds. The van der Waals surface area contributed by atoms with Crippen LogP contribution in [0.4, 0.5) is 0 Å². The fraction of sp³-hybridized carbons (Fsp3) is 0.525. The molecule has 1 aliphatic rings. The first-order valence-corrected chi connectivity index (χ1v) is 21.5. The van der Waals surface area contributed by atoms with Gasteiger partial charge in [0.2, 0.25) is 0 Å². The summed E-state index contributed by atoms with van der Waals surface area (Å²) >= 11 is 1.87. The Morgan fingerprint density at radius 1 is 0.979 bits per heavy atom. The molecule has 5 rings (SSSR count). The van der Waals surface area contributed by atoms with Crippen LogP contribution in [-0.2, 0) is 36.7 Å². The van der Waals surface area contributed by atoms with Crippen molar-refractivity contribution in [2.75, 3.05) is 0 Å². The topological polar surface area (TPSA) is 63.1 Å². The van der Waals surface area contributed by atoms with Gasteiger partial charge in [-0.25, -0.2) is 4.98 Å². The molecule has 257 valence electrons. The molecule has 4 nitrogen and oxygen atoms in total. The Bertz CT molecular complexity index is 1750. The van der Waals surface area contributed by atoms with Crippen LogP contribution < -0.4 is 5.19 Å². The summed E-state index contributed by atoms with van der Waals surface area (Å²) in [6.45, 7) is 27.3. The normalized spacial score (nSPS) is 14.2. The number of ketones is 1. The Balaban J connectivity index is 0.000000322. The van der Waals surface area contributed by atoms with Crippen molar-refractivity contribution in [2.24, 2.45) is 17.3 Å². The summed E-state index contributed by atoms with van der Waals surface area (Å²) in [5.74, 6) is 0.547. The average molecular weight is 848 g/mol. The van der Waals surface area contributed by atoms with Gasteiger partial charge in [0.1, 0.15) is 11.2 Å². The molecule has 0 bridgehead atoms. The second-order valence-corrected chi connectivity index (χ2v) is 21.8. The minimum Gasteiger partial charge on any atom is -0.512 e. The fourth-order valence-electron chi connectivity index (χ4n) is 7.19. The molecule has 7 heteroatoms. The Kier molecular flexibility index (Phi) is 12.7. The molecule has 2 heterocycles. The summed E-state index contributed by atoms with van der Waals surface area (Å²) in [4.78, 5) is 23.9. The second-order valence-electron chi connectivity index (χ2n) is 15.7. The molecular formula is C40H55IrN2O2SSi-. The monoisotopic (exact) mass is 848 g/mol. The Hall–Kier alpha value is -2.18. The van der Waals surface area contributed by atoms with Gasteiger partial charge in [-0.2, -0.15) is 0 Å². The summed E-state index contributed by atoms with van der Waals surface area (Å²) in [7, 11) is -1.67. The molecule has 1 radical (unpaired) electrons. The Morgan fingerprint density at radius 2 is 1.57 bits per heavy atom. The second kappa shape index (κ2) is 15.1. The first-order chi connectivity index (χ1) is 21.5. The number of hydrogen-bond acceptors (Lipinski definition) is 5. The number of aliphatic hydroxyl groups is 1. The number of aromatic nitrogens is 2. The number of carbonyl (C=O) groups excluding carboxylic acids is 1. The van der Waals surface area contributed by atoms with Crippen molar-refractivity contribution in [2.45, 2.75) is 119 Å². The van der Waals surface area contributed by atoms with Gasteiger partial charge >= 0.3 is 0 Å². The number of fused-ring (bicyclic) bond motifs is 3. The number of nitrogens with zero attached hydrogens (tertiary/aromatic N) is 2. The maximum atomic E-state index is 11.7. The van der Waals surface area contributed by atoms with Crippen molar-refractivity contribution in [1.29, 1.82) is 0 Å². The van der Waals surface area contributed by atoms with Gasteiger partial charge in [-0.3, -0.25) is 9.78 Å². The van der Waals surface area contributed by atoms with Gasteiger partial charge in [0.15, 0.2) is 5.78 Å². The van der Waals surface area contributed by atoms with Gasteiger partial charge in [-0.05, 0) is 48.5 Å². The van der Waals surface area contributed by atoms with Crippen LogP contribution in [0.2, 0.25) is 19.6 Å². The van der Waals surface area contributed by atoms with Gasteiger partial charge in [-0.1, -0.05) is 117 Å². The van der Waals surface area contributed by atoms with Gasteiger partial charge in [-0.15, -0.1) is 34.0 Å². The summed E-state index contributed by atoms with van der Waals surface area (Å²) < 4.78 is 0. The first kappa shape index (κ1) is 39.3. The largest absolute Gasteiger partial charge is 0.512 e. The van der Waals surface area contributed by atoms with Crippen molar-refractivity contribution >= 4 is 51.4 Å². The fourth-order valence-corrected chi connectivity index (χ4v) is 11.0. The van der Waals surface area contributed by atoms with E-state index < -0.39 is 8.07 Å². The van der Waals surface area contributed by atoms with Gasteiger partial charge in [0, 0.05) is 54.0 Å². The quantitative estimate of drug-likeness (QED) is 0.0789. The number of benzene rings is 2. The maximum Gasteiger partial charge on any atom is 0.162 e. The van der Waals surface area contributed by atoms with E-state index in [-0.39, 0.29) is 54.3 Å². The van der Waals surface area contributed by atoms with E-state index in [9.17, 15) is 9.90 Å². The molecule has 0 unspecified atom stereocenters. The van der Waals surface area contributed by atoms with Crippen LogP contribution in [0.15, 0.2) is 42.4 Å². The molecule has 1 N–H and O–H groups in total. The van der Waals surface area contributed by atoms with Crippen molar-refractivity contribution < 1.29 is 30.0 Å². The minimum absolute atomic E-state index is 0. The molecule has 2 aromatic heterocycles. The summed E-state index contributed by atoms with van der Waals surface area (Å²) in [5, 5.41) is 15.2. The predicted molar refractivity (Wildman–Crippen MR) is 201 cm³/mol. The standard InChI is InChI=1S/C27H31N2SSi.C13H24O2.Ir/c1-26(2,3)14-19-22-20-23(28-15-29-25(20)30-19)18-13-16-11-9-10-12-17(16)24(31(6,7)8)21(18)27(22,4)5;1-5-10(6-2)12(14)9-13(15)11(7-3)8-4;/h9-12,15H,14H2,1-8H3;9-11,14H,5-8H2,1-4H3;/q-1;;/b;12-9-;. The number of rotatable bonds is 9. The zero-order valence-electron chi connectivity index (χ0n) is 30.6. The van der Waals surface area contributed by atoms with Crippen LogP contribution in [0.5, 0.6) is 0 Å². The van der Waals surface area contributed by atoms with Crippen LogP contribution in [0.25, 0.3) is 32.2 Å². The summed E-state index contributed by atoms with van der Waals surface area (Å²) in [5.41, 5.74) is 5.29. The van der Waals surface area contributed by atoms with Crippen LogP contribution in [0.1, 0.15) is 104 Å². The van der Waals surface area contributed by atoms with Gasteiger partial charge in [0.05, 0.1) is 13.8 Å². The van der Waals surface area contributed by atoms with E-state index in [1.807, 2.05) is 39.0 Å². The number of allylic oxidation sites excluding steroid dienone is 2. The van der Waals surface area contributed by atoms with Crippen molar-refractivity contribution in [3.8, 4) is 11.3 Å². The number of carbonyl (C=O) groups is 1. The molecule has 0 spiro atoms. The van der Waals surface area contributed by atoms with E-state index in [1.165, 1.54) is 43.8 Å². The van der Waals surface area contributed by atoms with Crippen LogP contribution in [0, 0.1) is 23.3 Å². The van der Waals surface area contributed by atoms with Crippen LogP contribution in [-0.4, -0.2) is 28.9 Å². The molecule has 47 heavy (non-hydrogen) atoms. The van der Waals surface area contributed by atoms with Crippen LogP contribution >= 0.6 is 11.3 Å². The smallest absolute Gasteiger partial charge is 0.162 e. The third kappa shape index (κ3) is 8.01.